The zero-order chi connectivity index (χ0) is 10.6. The Morgan fingerprint density at radius 3 is 2.79 bits per heavy atom. The van der Waals surface area contributed by atoms with E-state index >= 15 is 0 Å². The average molecular weight is 200 g/mol. The van der Waals surface area contributed by atoms with Crippen molar-refractivity contribution in [2.75, 3.05) is 13.1 Å². The Balaban J connectivity index is 2.13. The van der Waals surface area contributed by atoms with Gasteiger partial charge in [0.05, 0.1) is 12.5 Å². The lowest BCUT2D eigenvalue weighted by molar-refractivity contribution is -0.127. The molecule has 1 fully saturated rings. The van der Waals surface area contributed by atoms with Gasteiger partial charge in [-0.2, -0.15) is 0 Å². The van der Waals surface area contributed by atoms with E-state index in [0.29, 0.717) is 25.9 Å². The van der Waals surface area contributed by atoms with E-state index in [-0.39, 0.29) is 18.2 Å². The van der Waals surface area contributed by atoms with Crippen molar-refractivity contribution < 1.29 is 14.7 Å². The Bertz CT molecular complexity index is 230. The highest BCUT2D eigenvalue weighted by Crippen LogP contribution is 2.11. The number of β-amino-alcohol motifs (C(OH)–C–C–N with tert-alkyl or cyclic N) is 1. The maximum absolute atomic E-state index is 11.2. The first-order valence-electron chi connectivity index (χ1n) is 4.83. The van der Waals surface area contributed by atoms with Gasteiger partial charge in [-0.3, -0.25) is 9.59 Å². The first kappa shape index (κ1) is 11.0. The van der Waals surface area contributed by atoms with Gasteiger partial charge in [0.1, 0.15) is 0 Å². The summed E-state index contributed by atoms with van der Waals surface area (Å²) in [6, 6.07) is 0. The number of likely N-dealkylation sites (tertiary alicyclic amines) is 1. The van der Waals surface area contributed by atoms with Crippen LogP contribution < -0.4 is 5.73 Å². The zero-order valence-corrected chi connectivity index (χ0v) is 8.11. The van der Waals surface area contributed by atoms with Crippen LogP contribution in [0, 0.1) is 0 Å². The first-order valence-corrected chi connectivity index (χ1v) is 4.83. The van der Waals surface area contributed by atoms with E-state index in [1.54, 1.807) is 4.90 Å². The van der Waals surface area contributed by atoms with E-state index in [0.717, 1.165) is 6.42 Å². The summed E-state index contributed by atoms with van der Waals surface area (Å²) >= 11 is 0. The third-order valence-electron chi connectivity index (χ3n) is 2.30. The van der Waals surface area contributed by atoms with Crippen molar-refractivity contribution in [1.29, 1.82) is 0 Å². The summed E-state index contributed by atoms with van der Waals surface area (Å²) in [6.45, 7) is 1.04. The summed E-state index contributed by atoms with van der Waals surface area (Å²) in [5.74, 6) is -0.311. The number of unbranched alkanes of at least 4 members (excludes halogenated alkanes) is 1. The summed E-state index contributed by atoms with van der Waals surface area (Å²) in [6.07, 6.45) is 1.55. The van der Waals surface area contributed by atoms with E-state index < -0.39 is 6.10 Å². The molecule has 2 amide bonds. The summed E-state index contributed by atoms with van der Waals surface area (Å²) < 4.78 is 0. The van der Waals surface area contributed by atoms with E-state index in [1.807, 2.05) is 0 Å². The summed E-state index contributed by atoms with van der Waals surface area (Å²) in [4.78, 5) is 23.2. The minimum atomic E-state index is -0.515. The maximum Gasteiger partial charge on any atom is 0.225 e. The van der Waals surface area contributed by atoms with Crippen LogP contribution >= 0.6 is 0 Å². The lowest BCUT2D eigenvalue weighted by Gasteiger charge is -2.14. The van der Waals surface area contributed by atoms with E-state index in [9.17, 15) is 14.7 Å². The monoisotopic (exact) mass is 200 g/mol. The zero-order valence-electron chi connectivity index (χ0n) is 8.11. The number of carbonyl (C=O) groups is 2. The fraction of sp³-hybridized carbons (Fsp3) is 0.778. The molecular formula is C9H16N2O3. The molecule has 1 aliphatic heterocycles. The van der Waals surface area contributed by atoms with Crippen LogP contribution in [0.4, 0.5) is 0 Å². The van der Waals surface area contributed by atoms with Crippen molar-refractivity contribution in [2.24, 2.45) is 5.73 Å². The molecule has 0 aromatic carbocycles. The molecule has 1 unspecified atom stereocenters. The van der Waals surface area contributed by atoms with Crippen LogP contribution in [0.1, 0.15) is 25.7 Å². The number of nitrogens with two attached hydrogens (primary N) is 1. The fourth-order valence-corrected chi connectivity index (χ4v) is 1.57. The lowest BCUT2D eigenvalue weighted by Crippen LogP contribution is -2.27. The summed E-state index contributed by atoms with van der Waals surface area (Å²) in [5.41, 5.74) is 4.98. The van der Waals surface area contributed by atoms with Gasteiger partial charge in [-0.1, -0.05) is 0 Å². The SMILES string of the molecule is NC(=O)CCCCN1CC(O)CC1=O. The van der Waals surface area contributed by atoms with Crippen molar-refractivity contribution in [3.63, 3.8) is 0 Å². The number of hydrogen-bond donors (Lipinski definition) is 2. The summed E-state index contributed by atoms with van der Waals surface area (Å²) in [7, 11) is 0. The van der Waals surface area contributed by atoms with Gasteiger partial charge >= 0.3 is 0 Å². The van der Waals surface area contributed by atoms with Gasteiger partial charge in [-0.05, 0) is 12.8 Å². The molecule has 0 spiro atoms. The molecule has 5 nitrogen and oxygen atoms in total. The third kappa shape index (κ3) is 3.33. The number of amides is 2. The Morgan fingerprint density at radius 1 is 1.57 bits per heavy atom. The van der Waals surface area contributed by atoms with Crippen LogP contribution in [0.5, 0.6) is 0 Å². The lowest BCUT2D eigenvalue weighted by atomic mass is 10.2. The largest absolute Gasteiger partial charge is 0.391 e. The van der Waals surface area contributed by atoms with Crippen LogP contribution in [-0.4, -0.2) is 41.0 Å². The van der Waals surface area contributed by atoms with Gasteiger partial charge in [0.2, 0.25) is 11.8 Å². The number of aliphatic hydroxyl groups excluding tert-OH is 1. The number of rotatable bonds is 5. The molecule has 0 saturated carbocycles. The molecule has 1 atom stereocenters. The molecule has 0 bridgehead atoms. The number of primary amides is 1. The molecule has 1 heterocycles. The molecule has 14 heavy (non-hydrogen) atoms. The van der Waals surface area contributed by atoms with Crippen molar-refractivity contribution in [3.8, 4) is 0 Å². The second-order valence-corrected chi connectivity index (χ2v) is 3.62. The van der Waals surface area contributed by atoms with Crippen molar-refractivity contribution >= 4 is 11.8 Å². The number of nitrogens with zero attached hydrogens (tertiary/aromatic N) is 1. The molecule has 0 aromatic rings. The highest BCUT2D eigenvalue weighted by Gasteiger charge is 2.26. The molecule has 1 rings (SSSR count). The van der Waals surface area contributed by atoms with Crippen LogP contribution in [-0.2, 0) is 9.59 Å². The molecule has 3 N–H and O–H groups in total. The van der Waals surface area contributed by atoms with Crippen LogP contribution in [0.25, 0.3) is 0 Å². The van der Waals surface area contributed by atoms with Crippen LogP contribution in [0.15, 0.2) is 0 Å². The highest BCUT2D eigenvalue weighted by atomic mass is 16.3. The molecule has 0 aromatic heterocycles. The predicted molar refractivity (Wildman–Crippen MR) is 50.2 cm³/mol. The number of hydrogen-bond acceptors (Lipinski definition) is 3. The van der Waals surface area contributed by atoms with Crippen molar-refractivity contribution in [1.82, 2.24) is 4.90 Å². The van der Waals surface area contributed by atoms with Crippen LogP contribution in [0.3, 0.4) is 0 Å². The quantitative estimate of drug-likeness (QED) is 0.572. The Morgan fingerprint density at radius 2 is 2.29 bits per heavy atom. The highest BCUT2D eigenvalue weighted by molar-refractivity contribution is 5.79. The second kappa shape index (κ2) is 4.95. The van der Waals surface area contributed by atoms with E-state index in [2.05, 4.69) is 0 Å². The molecule has 0 radical (unpaired) electrons. The smallest absolute Gasteiger partial charge is 0.225 e. The maximum atomic E-state index is 11.2. The molecule has 80 valence electrons. The van der Waals surface area contributed by atoms with E-state index in [1.165, 1.54) is 0 Å². The third-order valence-corrected chi connectivity index (χ3v) is 2.30. The molecule has 5 heteroatoms. The minimum absolute atomic E-state index is 0.00317. The Kier molecular flexibility index (Phi) is 3.88. The molecule has 1 saturated heterocycles. The molecule has 0 aliphatic carbocycles. The normalized spacial score (nSPS) is 21.6. The Labute approximate surface area is 82.9 Å². The minimum Gasteiger partial charge on any atom is -0.391 e. The van der Waals surface area contributed by atoms with Crippen LogP contribution in [0.2, 0.25) is 0 Å². The number of aliphatic hydroxyl groups is 1. The fourth-order valence-electron chi connectivity index (χ4n) is 1.57. The van der Waals surface area contributed by atoms with Gasteiger partial charge in [0.25, 0.3) is 0 Å². The standard InChI is InChI=1S/C9H16N2O3/c10-8(13)3-1-2-4-11-6-7(12)5-9(11)14/h7,12H,1-6H2,(H2,10,13). The van der Waals surface area contributed by atoms with Crippen molar-refractivity contribution in [3.05, 3.63) is 0 Å². The Hall–Kier alpha value is -1.10. The topological polar surface area (TPSA) is 83.6 Å². The average Bonchev–Trinajstić information content (AvgIpc) is 2.39. The number of carbonyl (C=O) groups excluding carboxylic acids is 2. The van der Waals surface area contributed by atoms with E-state index in [4.69, 9.17) is 5.73 Å². The predicted octanol–water partition coefficient (Wildman–Crippen LogP) is -0.765. The molecular weight excluding hydrogens is 184 g/mol. The van der Waals surface area contributed by atoms with Gasteiger partial charge < -0.3 is 15.7 Å². The van der Waals surface area contributed by atoms with Gasteiger partial charge in [-0.25, -0.2) is 0 Å². The first-order chi connectivity index (χ1) is 6.59. The molecule has 1 aliphatic rings. The van der Waals surface area contributed by atoms with Gasteiger partial charge in [0.15, 0.2) is 0 Å². The van der Waals surface area contributed by atoms with Gasteiger partial charge in [-0.15, -0.1) is 0 Å². The second-order valence-electron chi connectivity index (χ2n) is 3.62. The summed E-state index contributed by atoms with van der Waals surface area (Å²) in [5, 5.41) is 9.18. The van der Waals surface area contributed by atoms with Crippen molar-refractivity contribution in [2.45, 2.75) is 31.8 Å². The van der Waals surface area contributed by atoms with Gasteiger partial charge in [0, 0.05) is 19.5 Å².